The Labute approximate surface area is 78.4 Å². The van der Waals surface area contributed by atoms with Crippen LogP contribution >= 0.6 is 0 Å². The molecule has 0 aromatic carbocycles. The zero-order valence-electron chi connectivity index (χ0n) is 7.17. The minimum Gasteiger partial charge on any atom is -0.381 e. The van der Waals surface area contributed by atoms with E-state index in [1.807, 2.05) is 0 Å². The maximum absolute atomic E-state index is 11.8. The fraction of sp³-hybridized carbons (Fsp3) is 0.429. The van der Waals surface area contributed by atoms with Gasteiger partial charge in [-0.15, -0.1) is 0 Å². The molecule has 1 rings (SSSR count). The van der Waals surface area contributed by atoms with Crippen LogP contribution in [-0.4, -0.2) is 22.7 Å². The number of rotatable bonds is 3. The molecule has 0 fully saturated rings. The molecule has 78 valence electrons. The van der Waals surface area contributed by atoms with E-state index < -0.39 is 12.6 Å². The van der Waals surface area contributed by atoms with Gasteiger partial charge in [0.25, 0.3) is 0 Å². The summed E-state index contributed by atoms with van der Waals surface area (Å²) in [4.78, 5) is 7.40. The van der Waals surface area contributed by atoms with Crippen molar-refractivity contribution in [1.29, 1.82) is 0 Å². The van der Waals surface area contributed by atoms with Crippen LogP contribution in [0.4, 0.5) is 24.8 Å². The Bertz CT molecular complexity index is 299. The average molecular weight is 206 g/mol. The molecule has 4 nitrogen and oxygen atoms in total. The van der Waals surface area contributed by atoms with Gasteiger partial charge in [-0.3, -0.25) is 0 Å². The average Bonchev–Trinajstić information content (AvgIpc) is 2.06. The lowest BCUT2D eigenvalue weighted by atomic mass is 10.4. The van der Waals surface area contributed by atoms with Gasteiger partial charge in [0.1, 0.15) is 0 Å². The van der Waals surface area contributed by atoms with Crippen LogP contribution in [0.25, 0.3) is 0 Å². The van der Waals surface area contributed by atoms with Gasteiger partial charge in [0, 0.05) is 18.9 Å². The van der Waals surface area contributed by atoms with Crippen LogP contribution in [0.1, 0.15) is 6.42 Å². The van der Waals surface area contributed by atoms with Crippen molar-refractivity contribution in [1.82, 2.24) is 9.97 Å². The van der Waals surface area contributed by atoms with Crippen molar-refractivity contribution in [2.24, 2.45) is 0 Å². The molecule has 0 saturated carbocycles. The van der Waals surface area contributed by atoms with Crippen LogP contribution in [0.3, 0.4) is 0 Å². The zero-order chi connectivity index (χ0) is 10.6. The molecule has 1 heterocycles. The summed E-state index contributed by atoms with van der Waals surface area (Å²) in [6.07, 6.45) is -2.39. The van der Waals surface area contributed by atoms with Crippen LogP contribution < -0.4 is 11.1 Å². The second-order valence-corrected chi connectivity index (χ2v) is 2.58. The molecule has 0 saturated heterocycles. The highest BCUT2D eigenvalue weighted by molar-refractivity contribution is 5.54. The summed E-state index contributed by atoms with van der Waals surface area (Å²) in [6, 6.07) is 0. The van der Waals surface area contributed by atoms with Gasteiger partial charge in [0.15, 0.2) is 11.6 Å². The Balaban J connectivity index is 2.43. The summed E-state index contributed by atoms with van der Waals surface area (Å²) >= 11 is 0. The maximum atomic E-state index is 11.8. The second kappa shape index (κ2) is 4.12. The molecule has 3 N–H and O–H groups in total. The smallest absolute Gasteiger partial charge is 0.381 e. The number of aromatic nitrogens is 2. The number of nitrogens with zero attached hydrogens (tertiary/aromatic N) is 2. The minimum atomic E-state index is -4.18. The summed E-state index contributed by atoms with van der Waals surface area (Å²) in [5.41, 5.74) is 5.35. The van der Waals surface area contributed by atoms with Crippen molar-refractivity contribution in [2.75, 3.05) is 17.6 Å². The lowest BCUT2D eigenvalue weighted by Gasteiger charge is -2.08. The first-order valence-corrected chi connectivity index (χ1v) is 3.86. The number of hydrogen-bond acceptors (Lipinski definition) is 4. The summed E-state index contributed by atoms with van der Waals surface area (Å²) in [5.74, 6) is 0.270. The summed E-state index contributed by atoms with van der Waals surface area (Å²) < 4.78 is 35.3. The first-order chi connectivity index (χ1) is 6.49. The van der Waals surface area contributed by atoms with Crippen molar-refractivity contribution in [3.8, 4) is 0 Å². The van der Waals surface area contributed by atoms with Gasteiger partial charge in [-0.1, -0.05) is 0 Å². The number of anilines is 2. The van der Waals surface area contributed by atoms with E-state index >= 15 is 0 Å². The highest BCUT2D eigenvalue weighted by atomic mass is 19.4. The predicted octanol–water partition coefficient (Wildman–Crippen LogP) is 1.42. The minimum absolute atomic E-state index is 0.0923. The molecule has 0 radical (unpaired) electrons. The van der Waals surface area contributed by atoms with Crippen LogP contribution in [-0.2, 0) is 0 Å². The van der Waals surface area contributed by atoms with Crippen molar-refractivity contribution in [3.63, 3.8) is 0 Å². The topological polar surface area (TPSA) is 63.8 Å². The van der Waals surface area contributed by atoms with E-state index in [9.17, 15) is 13.2 Å². The number of hydrogen-bond donors (Lipinski definition) is 2. The van der Waals surface area contributed by atoms with Gasteiger partial charge >= 0.3 is 6.18 Å². The third-order valence-corrected chi connectivity index (χ3v) is 1.43. The SMILES string of the molecule is Nc1nccnc1NCCC(F)(F)F. The lowest BCUT2D eigenvalue weighted by Crippen LogP contribution is -2.16. The molecule has 7 heteroatoms. The van der Waals surface area contributed by atoms with Gasteiger partial charge in [0.2, 0.25) is 0 Å². The molecule has 1 aromatic rings. The molecule has 1 aromatic heterocycles. The molecule has 0 spiro atoms. The standard InChI is InChI=1S/C7H9F3N4/c8-7(9,10)1-2-13-6-5(11)12-3-4-14-6/h3-4H,1-2H2,(H2,11,12)(H,13,14). The van der Waals surface area contributed by atoms with Crippen LogP contribution in [0, 0.1) is 0 Å². The Morgan fingerprint density at radius 3 is 2.50 bits per heavy atom. The predicted molar refractivity (Wildman–Crippen MR) is 45.6 cm³/mol. The monoisotopic (exact) mass is 206 g/mol. The van der Waals surface area contributed by atoms with E-state index in [-0.39, 0.29) is 18.2 Å². The quantitative estimate of drug-likeness (QED) is 0.785. The highest BCUT2D eigenvalue weighted by Crippen LogP contribution is 2.19. The Hall–Kier alpha value is -1.53. The van der Waals surface area contributed by atoms with Crippen molar-refractivity contribution >= 4 is 11.6 Å². The fourth-order valence-electron chi connectivity index (χ4n) is 0.808. The van der Waals surface area contributed by atoms with E-state index in [1.54, 1.807) is 0 Å². The molecular formula is C7H9F3N4. The van der Waals surface area contributed by atoms with E-state index in [0.29, 0.717) is 0 Å². The van der Waals surface area contributed by atoms with Crippen LogP contribution in [0.2, 0.25) is 0 Å². The maximum Gasteiger partial charge on any atom is 0.390 e. The Kier molecular flexibility index (Phi) is 3.10. The molecule has 0 aliphatic carbocycles. The van der Waals surface area contributed by atoms with E-state index in [4.69, 9.17) is 5.73 Å². The number of nitrogen functional groups attached to an aromatic ring is 1. The number of nitrogens with one attached hydrogen (secondary N) is 1. The summed E-state index contributed by atoms with van der Waals surface area (Å²) in [5, 5.41) is 2.45. The Morgan fingerprint density at radius 2 is 1.93 bits per heavy atom. The van der Waals surface area contributed by atoms with Crippen molar-refractivity contribution in [3.05, 3.63) is 12.4 Å². The number of nitrogens with two attached hydrogens (primary N) is 1. The van der Waals surface area contributed by atoms with Gasteiger partial charge in [-0.2, -0.15) is 13.2 Å². The van der Waals surface area contributed by atoms with Gasteiger partial charge in [-0.05, 0) is 0 Å². The normalized spacial score (nSPS) is 11.4. The fourth-order valence-corrected chi connectivity index (χ4v) is 0.808. The number of alkyl halides is 3. The third kappa shape index (κ3) is 3.46. The largest absolute Gasteiger partial charge is 0.390 e. The van der Waals surface area contributed by atoms with E-state index in [2.05, 4.69) is 15.3 Å². The van der Waals surface area contributed by atoms with Gasteiger partial charge < -0.3 is 11.1 Å². The molecule has 0 bridgehead atoms. The first kappa shape index (κ1) is 10.6. The van der Waals surface area contributed by atoms with E-state index in [0.717, 1.165) is 0 Å². The first-order valence-electron chi connectivity index (χ1n) is 3.86. The molecule has 0 atom stereocenters. The molecule has 14 heavy (non-hydrogen) atoms. The van der Waals surface area contributed by atoms with Crippen LogP contribution in [0.15, 0.2) is 12.4 Å². The summed E-state index contributed by atoms with van der Waals surface area (Å²) in [6.45, 7) is -0.258. The van der Waals surface area contributed by atoms with Gasteiger partial charge in [0.05, 0.1) is 6.42 Å². The van der Waals surface area contributed by atoms with Crippen molar-refractivity contribution < 1.29 is 13.2 Å². The second-order valence-electron chi connectivity index (χ2n) is 2.58. The van der Waals surface area contributed by atoms with Crippen molar-refractivity contribution in [2.45, 2.75) is 12.6 Å². The highest BCUT2D eigenvalue weighted by Gasteiger charge is 2.26. The molecule has 0 unspecified atom stereocenters. The number of halogens is 3. The lowest BCUT2D eigenvalue weighted by molar-refractivity contribution is -0.131. The molecule has 0 aliphatic heterocycles. The molecule has 0 aliphatic rings. The third-order valence-electron chi connectivity index (χ3n) is 1.43. The van der Waals surface area contributed by atoms with Crippen LogP contribution in [0.5, 0.6) is 0 Å². The van der Waals surface area contributed by atoms with Gasteiger partial charge in [-0.25, -0.2) is 9.97 Å². The summed E-state index contributed by atoms with van der Waals surface area (Å²) in [7, 11) is 0. The van der Waals surface area contributed by atoms with E-state index in [1.165, 1.54) is 12.4 Å². The molecular weight excluding hydrogens is 197 g/mol. The molecule has 0 amide bonds. The zero-order valence-corrected chi connectivity index (χ0v) is 7.17. The Morgan fingerprint density at radius 1 is 1.29 bits per heavy atom.